The molecule has 1 saturated heterocycles. The van der Waals surface area contributed by atoms with E-state index in [0.717, 1.165) is 5.69 Å². The number of hydrogen-bond acceptors (Lipinski definition) is 5. The van der Waals surface area contributed by atoms with Crippen molar-refractivity contribution in [1.29, 1.82) is 0 Å². The van der Waals surface area contributed by atoms with Crippen molar-refractivity contribution < 1.29 is 9.59 Å². The van der Waals surface area contributed by atoms with Gasteiger partial charge in [-0.05, 0) is 24.3 Å². The van der Waals surface area contributed by atoms with Gasteiger partial charge in [0.15, 0.2) is 0 Å². The fourth-order valence-corrected chi connectivity index (χ4v) is 3.26. The summed E-state index contributed by atoms with van der Waals surface area (Å²) < 4.78 is 1.29. The van der Waals surface area contributed by atoms with Gasteiger partial charge in [-0.25, -0.2) is 4.98 Å². The summed E-state index contributed by atoms with van der Waals surface area (Å²) in [7, 11) is 0. The minimum atomic E-state index is -0.340. The van der Waals surface area contributed by atoms with Crippen LogP contribution in [-0.2, 0) is 16.1 Å². The molecule has 0 aliphatic carbocycles. The topological polar surface area (TPSA) is 96.3 Å². The minimum absolute atomic E-state index is 0.0545. The lowest BCUT2D eigenvalue weighted by Gasteiger charge is -2.30. The molecule has 2 heterocycles. The predicted octanol–water partition coefficient (Wildman–Crippen LogP) is 0.971. The Labute approximate surface area is 160 Å². The monoisotopic (exact) mass is 377 g/mol. The number of fused-ring (bicyclic) bond motifs is 1. The lowest BCUT2D eigenvalue weighted by Crippen LogP contribution is -2.48. The lowest BCUT2D eigenvalue weighted by atomic mass is 10.2. The summed E-state index contributed by atoms with van der Waals surface area (Å²) in [4.78, 5) is 43.0. The minimum Gasteiger partial charge on any atom is -0.359 e. The van der Waals surface area contributed by atoms with Crippen LogP contribution in [0.5, 0.6) is 0 Å². The van der Waals surface area contributed by atoms with Crippen molar-refractivity contribution >= 4 is 34.1 Å². The van der Waals surface area contributed by atoms with Crippen LogP contribution in [0.3, 0.4) is 0 Å². The van der Waals surface area contributed by atoms with Crippen molar-refractivity contribution in [2.45, 2.75) is 6.54 Å². The molecule has 1 aromatic heterocycles. The van der Waals surface area contributed by atoms with Crippen molar-refractivity contribution in [1.82, 2.24) is 14.9 Å². The maximum atomic E-state index is 12.6. The molecule has 142 valence electrons. The van der Waals surface area contributed by atoms with Gasteiger partial charge in [-0.1, -0.05) is 24.3 Å². The van der Waals surface area contributed by atoms with E-state index in [4.69, 9.17) is 0 Å². The van der Waals surface area contributed by atoms with E-state index < -0.39 is 0 Å². The molecule has 2 amide bonds. The summed E-state index contributed by atoms with van der Waals surface area (Å²) in [5, 5.41) is 6.10. The maximum Gasteiger partial charge on any atom is 0.261 e. The Kier molecular flexibility index (Phi) is 4.76. The van der Waals surface area contributed by atoms with Crippen molar-refractivity contribution in [2.75, 3.05) is 29.9 Å². The number of anilines is 2. The van der Waals surface area contributed by atoms with E-state index in [2.05, 4.69) is 15.6 Å². The quantitative estimate of drug-likeness (QED) is 0.706. The first-order valence-electron chi connectivity index (χ1n) is 8.96. The molecule has 0 bridgehead atoms. The average molecular weight is 377 g/mol. The second kappa shape index (κ2) is 7.51. The second-order valence-electron chi connectivity index (χ2n) is 6.53. The number of carbonyl (C=O) groups excluding carboxylic acids is 2. The van der Waals surface area contributed by atoms with Crippen molar-refractivity contribution in [3.05, 3.63) is 65.2 Å². The van der Waals surface area contributed by atoms with Crippen LogP contribution in [0.2, 0.25) is 0 Å². The molecule has 0 atom stereocenters. The number of amides is 2. The van der Waals surface area contributed by atoms with Crippen molar-refractivity contribution in [2.24, 2.45) is 0 Å². The Bertz CT molecular complexity index is 1110. The summed E-state index contributed by atoms with van der Waals surface area (Å²) >= 11 is 0. The molecule has 1 aliphatic heterocycles. The van der Waals surface area contributed by atoms with Crippen LogP contribution >= 0.6 is 0 Å². The molecule has 3 aromatic rings. The first-order valence-corrected chi connectivity index (χ1v) is 8.96. The van der Waals surface area contributed by atoms with Gasteiger partial charge in [0.25, 0.3) is 5.56 Å². The van der Waals surface area contributed by atoms with Crippen molar-refractivity contribution in [3.63, 3.8) is 0 Å². The summed E-state index contributed by atoms with van der Waals surface area (Å²) in [6.07, 6.45) is 1.38. The van der Waals surface area contributed by atoms with E-state index in [-0.39, 0.29) is 30.5 Å². The van der Waals surface area contributed by atoms with E-state index in [1.807, 2.05) is 29.2 Å². The van der Waals surface area contributed by atoms with Gasteiger partial charge in [0.1, 0.15) is 6.54 Å². The molecule has 8 heteroatoms. The first-order chi connectivity index (χ1) is 13.6. The van der Waals surface area contributed by atoms with Gasteiger partial charge in [-0.3, -0.25) is 19.0 Å². The average Bonchev–Trinajstić information content (AvgIpc) is 2.71. The third-order valence-electron chi connectivity index (χ3n) is 4.60. The first kappa shape index (κ1) is 17.7. The standard InChI is InChI=1S/C20H19N5O3/c26-18-11-24(10-9-21-18)17-8-4-3-7-16(17)23-19(27)12-25-13-22-15-6-2-1-5-14(15)20(25)28/h1-8,13H,9-12H2,(H,21,26)(H,23,27). The van der Waals surface area contributed by atoms with Gasteiger partial charge in [0, 0.05) is 13.1 Å². The van der Waals surface area contributed by atoms with Crippen molar-refractivity contribution in [3.8, 4) is 0 Å². The second-order valence-corrected chi connectivity index (χ2v) is 6.53. The highest BCUT2D eigenvalue weighted by Crippen LogP contribution is 2.26. The Morgan fingerprint density at radius 2 is 1.89 bits per heavy atom. The third kappa shape index (κ3) is 3.57. The van der Waals surface area contributed by atoms with Gasteiger partial charge < -0.3 is 15.5 Å². The molecular formula is C20H19N5O3. The van der Waals surface area contributed by atoms with E-state index >= 15 is 0 Å². The Balaban J connectivity index is 1.54. The molecule has 0 saturated carbocycles. The number of benzene rings is 2. The number of rotatable bonds is 4. The summed E-state index contributed by atoms with van der Waals surface area (Å²) in [5.41, 5.74) is 1.71. The van der Waals surface area contributed by atoms with E-state index in [1.165, 1.54) is 10.9 Å². The molecule has 1 aliphatic rings. The summed E-state index contributed by atoms with van der Waals surface area (Å²) in [6, 6.07) is 14.3. The van der Waals surface area contributed by atoms with E-state index in [0.29, 0.717) is 29.7 Å². The number of aromatic nitrogens is 2. The van der Waals surface area contributed by atoms with Gasteiger partial charge in [-0.15, -0.1) is 0 Å². The molecule has 1 fully saturated rings. The molecule has 4 rings (SSSR count). The number of nitrogens with zero attached hydrogens (tertiary/aromatic N) is 3. The van der Waals surface area contributed by atoms with Gasteiger partial charge in [-0.2, -0.15) is 0 Å². The summed E-state index contributed by atoms with van der Waals surface area (Å²) in [6.45, 7) is 1.30. The fraction of sp³-hybridized carbons (Fsp3) is 0.200. The highest BCUT2D eigenvalue weighted by molar-refractivity contribution is 5.95. The largest absolute Gasteiger partial charge is 0.359 e. The summed E-state index contributed by atoms with van der Waals surface area (Å²) in [5.74, 6) is -0.394. The van der Waals surface area contributed by atoms with E-state index in [9.17, 15) is 14.4 Å². The Morgan fingerprint density at radius 3 is 2.75 bits per heavy atom. The number of nitrogens with one attached hydrogen (secondary N) is 2. The normalized spacial score (nSPS) is 14.0. The highest BCUT2D eigenvalue weighted by atomic mass is 16.2. The molecule has 2 N–H and O–H groups in total. The zero-order valence-corrected chi connectivity index (χ0v) is 15.1. The number of para-hydroxylation sites is 3. The molecule has 8 nitrogen and oxygen atoms in total. The SMILES string of the molecule is O=C1CN(c2ccccc2NC(=O)Cn2cnc3ccccc3c2=O)CCN1. The highest BCUT2D eigenvalue weighted by Gasteiger charge is 2.19. The number of carbonyl (C=O) groups is 2. The number of piperazine rings is 1. The van der Waals surface area contributed by atoms with Crippen LogP contribution < -0.4 is 21.1 Å². The lowest BCUT2D eigenvalue weighted by molar-refractivity contribution is -0.120. The molecule has 28 heavy (non-hydrogen) atoms. The Hall–Kier alpha value is -3.68. The molecule has 2 aromatic carbocycles. The van der Waals surface area contributed by atoms with Crippen LogP contribution in [0.25, 0.3) is 10.9 Å². The van der Waals surface area contributed by atoms with Gasteiger partial charge in [0.2, 0.25) is 11.8 Å². The zero-order valence-electron chi connectivity index (χ0n) is 15.1. The Morgan fingerprint density at radius 1 is 1.11 bits per heavy atom. The van der Waals surface area contributed by atoms with Crippen LogP contribution in [0.1, 0.15) is 0 Å². The predicted molar refractivity (Wildman–Crippen MR) is 106 cm³/mol. The number of hydrogen-bond donors (Lipinski definition) is 2. The fourth-order valence-electron chi connectivity index (χ4n) is 3.26. The van der Waals surface area contributed by atoms with Crippen LogP contribution in [-0.4, -0.2) is 41.0 Å². The van der Waals surface area contributed by atoms with E-state index in [1.54, 1.807) is 24.3 Å². The molecular weight excluding hydrogens is 358 g/mol. The molecule has 0 radical (unpaired) electrons. The van der Waals surface area contributed by atoms with Crippen LogP contribution in [0, 0.1) is 0 Å². The molecule has 0 unspecified atom stereocenters. The zero-order chi connectivity index (χ0) is 19.5. The van der Waals surface area contributed by atoms with Gasteiger partial charge in [0.05, 0.1) is 35.1 Å². The smallest absolute Gasteiger partial charge is 0.261 e. The van der Waals surface area contributed by atoms with Crippen LogP contribution in [0.4, 0.5) is 11.4 Å². The van der Waals surface area contributed by atoms with Crippen LogP contribution in [0.15, 0.2) is 59.7 Å². The van der Waals surface area contributed by atoms with Gasteiger partial charge >= 0.3 is 0 Å². The molecule has 0 spiro atoms. The third-order valence-corrected chi connectivity index (χ3v) is 4.60. The maximum absolute atomic E-state index is 12.6.